The van der Waals surface area contributed by atoms with E-state index in [0.717, 1.165) is 23.4 Å². The van der Waals surface area contributed by atoms with E-state index in [1.807, 2.05) is 41.9 Å². The number of imidazole rings is 1. The smallest absolute Gasteiger partial charge is 0.234 e. The number of carbonyl (C=O) groups excluding carboxylic acids is 1. The highest BCUT2D eigenvalue weighted by molar-refractivity contribution is 6.42. The second-order valence-corrected chi connectivity index (χ2v) is 7.16. The molecule has 0 unspecified atom stereocenters. The van der Waals surface area contributed by atoms with E-state index in [-0.39, 0.29) is 17.7 Å². The number of aryl methyl sites for hydroxylation is 1. The Bertz CT molecular complexity index is 969. The predicted molar refractivity (Wildman–Crippen MR) is 96.9 cm³/mol. The predicted octanol–water partition coefficient (Wildman–Crippen LogP) is 3.76. The molecule has 2 atom stereocenters. The molecule has 0 spiro atoms. The summed E-state index contributed by atoms with van der Waals surface area (Å²) in [5, 5.41) is 4.02. The maximum Gasteiger partial charge on any atom is 0.234 e. The zero-order valence-electron chi connectivity index (χ0n) is 13.5. The number of carbonyl (C=O) groups is 1. The first-order valence-corrected chi connectivity index (χ1v) is 8.81. The summed E-state index contributed by atoms with van der Waals surface area (Å²) in [6, 6.07) is 7.47. The minimum absolute atomic E-state index is 0.0188. The third-order valence-electron chi connectivity index (χ3n) is 4.46. The highest BCUT2D eigenvalue weighted by atomic mass is 35.5. The van der Waals surface area contributed by atoms with Crippen molar-refractivity contribution in [2.45, 2.75) is 25.8 Å². The van der Waals surface area contributed by atoms with Crippen LogP contribution in [-0.2, 0) is 11.3 Å². The van der Waals surface area contributed by atoms with Gasteiger partial charge in [-0.2, -0.15) is 0 Å². The van der Waals surface area contributed by atoms with Crippen molar-refractivity contribution in [2.75, 3.05) is 0 Å². The number of nitrogens with one attached hydrogen (secondary N) is 1. The Labute approximate surface area is 155 Å². The third kappa shape index (κ3) is 3.34. The number of hydrogen-bond acceptors (Lipinski definition) is 3. The minimum atomic E-state index is -0.0188. The minimum Gasteiger partial charge on any atom is -0.350 e. The zero-order valence-corrected chi connectivity index (χ0v) is 15.1. The molecule has 0 bridgehead atoms. The second-order valence-electron chi connectivity index (χ2n) is 6.35. The third-order valence-corrected chi connectivity index (χ3v) is 5.20. The molecule has 2 aromatic heterocycles. The van der Waals surface area contributed by atoms with Crippen molar-refractivity contribution in [2.24, 2.45) is 5.92 Å². The number of hydrogen-bond donors (Lipinski definition) is 1. The highest BCUT2D eigenvalue weighted by Crippen LogP contribution is 2.48. The quantitative estimate of drug-likeness (QED) is 0.755. The fraction of sp³-hybridized carbons (Fsp3) is 0.278. The van der Waals surface area contributed by atoms with Gasteiger partial charge in [0.05, 0.1) is 22.3 Å². The molecule has 1 aromatic carbocycles. The van der Waals surface area contributed by atoms with Crippen molar-refractivity contribution in [1.29, 1.82) is 0 Å². The van der Waals surface area contributed by atoms with Crippen molar-refractivity contribution in [3.05, 3.63) is 63.7 Å². The zero-order chi connectivity index (χ0) is 17.6. The molecular weight excluding hydrogens is 359 g/mol. The van der Waals surface area contributed by atoms with Crippen molar-refractivity contribution < 1.29 is 4.79 Å². The van der Waals surface area contributed by atoms with Gasteiger partial charge in [-0.3, -0.25) is 9.20 Å². The number of amides is 1. The molecule has 5 nitrogen and oxygen atoms in total. The fourth-order valence-electron chi connectivity index (χ4n) is 3.00. The van der Waals surface area contributed by atoms with Gasteiger partial charge in [0.1, 0.15) is 0 Å². The monoisotopic (exact) mass is 374 g/mol. The van der Waals surface area contributed by atoms with Crippen molar-refractivity contribution >= 4 is 34.9 Å². The fourth-order valence-corrected chi connectivity index (χ4v) is 3.31. The molecule has 0 saturated heterocycles. The molecule has 1 saturated carbocycles. The molecule has 1 aliphatic rings. The van der Waals surface area contributed by atoms with Gasteiger partial charge in [-0.1, -0.05) is 29.3 Å². The Morgan fingerprint density at radius 1 is 1.28 bits per heavy atom. The molecule has 1 N–H and O–H groups in total. The largest absolute Gasteiger partial charge is 0.350 e. The molecule has 25 heavy (non-hydrogen) atoms. The van der Waals surface area contributed by atoms with E-state index in [9.17, 15) is 4.79 Å². The summed E-state index contributed by atoms with van der Waals surface area (Å²) in [6.07, 6.45) is 4.62. The summed E-state index contributed by atoms with van der Waals surface area (Å²) in [4.78, 5) is 21.1. The highest BCUT2D eigenvalue weighted by Gasteiger charge is 2.43. The molecule has 4 rings (SSSR count). The molecule has 128 valence electrons. The maximum absolute atomic E-state index is 12.4. The molecule has 0 radical (unpaired) electrons. The summed E-state index contributed by atoms with van der Waals surface area (Å²) in [6.45, 7) is 2.32. The van der Waals surface area contributed by atoms with Crippen LogP contribution in [0.5, 0.6) is 0 Å². The lowest BCUT2D eigenvalue weighted by molar-refractivity contribution is -0.122. The van der Waals surface area contributed by atoms with Crippen LogP contribution in [0.15, 0.2) is 36.7 Å². The molecule has 3 aromatic rings. The van der Waals surface area contributed by atoms with E-state index in [1.165, 1.54) is 0 Å². The Morgan fingerprint density at radius 2 is 2.12 bits per heavy atom. The summed E-state index contributed by atoms with van der Waals surface area (Å²) in [5.41, 5.74) is 2.76. The lowest BCUT2D eigenvalue weighted by Gasteiger charge is -2.04. The Balaban J connectivity index is 1.38. The lowest BCUT2D eigenvalue weighted by Crippen LogP contribution is -2.25. The van der Waals surface area contributed by atoms with Gasteiger partial charge in [-0.05, 0) is 43.0 Å². The first-order chi connectivity index (χ1) is 12.0. The van der Waals surface area contributed by atoms with Gasteiger partial charge in [0, 0.05) is 24.0 Å². The van der Waals surface area contributed by atoms with Gasteiger partial charge in [-0.15, -0.1) is 0 Å². The standard InChI is InChI=1S/C18H16Cl2N4O/c1-10-4-5-24-9-12(23-18(24)22-10)8-21-17(25)14-7-13(14)11-2-3-15(19)16(20)6-11/h2-6,9,13-14H,7-8H2,1H3,(H,21,25)/t13-,14+/m1/s1. The van der Waals surface area contributed by atoms with Crippen molar-refractivity contribution in [3.8, 4) is 0 Å². The van der Waals surface area contributed by atoms with Gasteiger partial charge in [0.15, 0.2) is 0 Å². The van der Waals surface area contributed by atoms with Crippen molar-refractivity contribution in [1.82, 2.24) is 19.7 Å². The van der Waals surface area contributed by atoms with Crippen LogP contribution < -0.4 is 5.32 Å². The number of rotatable bonds is 4. The van der Waals surface area contributed by atoms with Gasteiger partial charge in [0.25, 0.3) is 0 Å². The van der Waals surface area contributed by atoms with Gasteiger partial charge in [-0.25, -0.2) is 9.97 Å². The Morgan fingerprint density at radius 3 is 2.92 bits per heavy atom. The molecule has 1 amide bonds. The van der Waals surface area contributed by atoms with Crippen LogP contribution in [0.4, 0.5) is 0 Å². The number of nitrogens with zero attached hydrogens (tertiary/aromatic N) is 3. The first-order valence-electron chi connectivity index (χ1n) is 8.05. The maximum atomic E-state index is 12.4. The molecule has 0 aliphatic heterocycles. The van der Waals surface area contributed by atoms with Crippen LogP contribution in [-0.4, -0.2) is 20.3 Å². The SMILES string of the molecule is Cc1ccn2cc(CNC(=O)[C@H]3C[C@@H]3c3ccc(Cl)c(Cl)c3)nc2n1. The Kier molecular flexibility index (Phi) is 4.13. The summed E-state index contributed by atoms with van der Waals surface area (Å²) in [5.74, 6) is 0.872. The molecule has 2 heterocycles. The number of halogens is 2. The van der Waals surface area contributed by atoms with Crippen LogP contribution in [0.3, 0.4) is 0 Å². The number of benzene rings is 1. The van der Waals surface area contributed by atoms with E-state index in [1.54, 1.807) is 6.07 Å². The van der Waals surface area contributed by atoms with Crippen LogP contribution in [0.25, 0.3) is 5.78 Å². The van der Waals surface area contributed by atoms with E-state index >= 15 is 0 Å². The average Bonchev–Trinajstić information content (AvgIpc) is 3.28. The lowest BCUT2D eigenvalue weighted by atomic mass is 10.1. The average molecular weight is 375 g/mol. The molecular formula is C18H16Cl2N4O. The first kappa shape index (κ1) is 16.4. The summed E-state index contributed by atoms with van der Waals surface area (Å²) < 4.78 is 1.85. The summed E-state index contributed by atoms with van der Waals surface area (Å²) >= 11 is 12.0. The van der Waals surface area contributed by atoms with Crippen LogP contribution >= 0.6 is 23.2 Å². The number of fused-ring (bicyclic) bond motifs is 1. The van der Waals surface area contributed by atoms with E-state index in [0.29, 0.717) is 22.4 Å². The normalized spacial score (nSPS) is 19.2. The second kappa shape index (κ2) is 6.32. The molecule has 1 fully saturated rings. The van der Waals surface area contributed by atoms with Gasteiger partial charge in [0.2, 0.25) is 11.7 Å². The number of aromatic nitrogens is 3. The Hall–Kier alpha value is -2.11. The molecule has 7 heteroatoms. The molecule has 1 aliphatic carbocycles. The van der Waals surface area contributed by atoms with Crippen LogP contribution in [0, 0.1) is 12.8 Å². The summed E-state index contributed by atoms with van der Waals surface area (Å²) in [7, 11) is 0. The van der Waals surface area contributed by atoms with Gasteiger partial charge < -0.3 is 5.32 Å². The topological polar surface area (TPSA) is 59.3 Å². The van der Waals surface area contributed by atoms with Gasteiger partial charge >= 0.3 is 0 Å². The van der Waals surface area contributed by atoms with Crippen LogP contribution in [0.1, 0.15) is 29.3 Å². The van der Waals surface area contributed by atoms with E-state index in [2.05, 4.69) is 15.3 Å². The van der Waals surface area contributed by atoms with E-state index < -0.39 is 0 Å². The van der Waals surface area contributed by atoms with E-state index in [4.69, 9.17) is 23.2 Å². The van der Waals surface area contributed by atoms with Crippen molar-refractivity contribution in [3.63, 3.8) is 0 Å². The van der Waals surface area contributed by atoms with Crippen LogP contribution in [0.2, 0.25) is 10.0 Å².